The number of ether oxygens (including phenoxy) is 1. The van der Waals surface area contributed by atoms with Gasteiger partial charge in [0, 0.05) is 17.7 Å². The first kappa shape index (κ1) is 18.5. The summed E-state index contributed by atoms with van der Waals surface area (Å²) in [5, 5.41) is 7.52. The monoisotopic (exact) mass is 459 g/mol. The molecule has 4 aromatic rings. The summed E-state index contributed by atoms with van der Waals surface area (Å²) in [6.45, 7) is 0.126. The van der Waals surface area contributed by atoms with Gasteiger partial charge in [0.2, 0.25) is 5.95 Å². The molecule has 0 saturated carbocycles. The number of nitrogens with one attached hydrogen (secondary N) is 1. The quantitative estimate of drug-likeness (QED) is 0.477. The van der Waals surface area contributed by atoms with E-state index >= 15 is 0 Å². The van der Waals surface area contributed by atoms with Gasteiger partial charge in [-0.3, -0.25) is 10.1 Å². The van der Waals surface area contributed by atoms with Gasteiger partial charge in [-0.25, -0.2) is 9.67 Å². The number of para-hydroxylation sites is 2. The van der Waals surface area contributed by atoms with Crippen LogP contribution in [0.5, 0.6) is 5.75 Å². The number of aromatic nitrogens is 4. The number of nitrogens with zero attached hydrogens (tertiary/aromatic N) is 4. The second-order valence-electron chi connectivity index (χ2n) is 6.03. The number of imidazole rings is 1. The van der Waals surface area contributed by atoms with Gasteiger partial charge in [0.25, 0.3) is 5.91 Å². The Bertz CT molecular complexity index is 1170. The fourth-order valence-corrected chi connectivity index (χ4v) is 3.43. The van der Waals surface area contributed by atoms with Crippen molar-refractivity contribution >= 4 is 50.4 Å². The maximum atomic E-state index is 12.5. The van der Waals surface area contributed by atoms with Gasteiger partial charge in [-0.15, -0.1) is 0 Å². The number of carbonyl (C=O) groups excluding carboxylic acids is 1. The summed E-state index contributed by atoms with van der Waals surface area (Å²) < 4.78 is 9.85. The zero-order chi connectivity index (χ0) is 19.7. The van der Waals surface area contributed by atoms with Crippen LogP contribution < -0.4 is 10.1 Å². The summed E-state index contributed by atoms with van der Waals surface area (Å²) in [6.07, 6.45) is 1.66. The molecule has 2 heterocycles. The molecule has 0 aliphatic carbocycles. The van der Waals surface area contributed by atoms with Crippen LogP contribution in [0.15, 0.2) is 59.2 Å². The average molecular weight is 461 g/mol. The minimum absolute atomic E-state index is 0.126. The highest BCUT2D eigenvalue weighted by atomic mass is 79.9. The van der Waals surface area contributed by atoms with Crippen LogP contribution in [0, 0.1) is 0 Å². The topological polar surface area (TPSA) is 74.0 Å². The molecule has 0 fully saturated rings. The van der Waals surface area contributed by atoms with E-state index in [-0.39, 0.29) is 18.3 Å². The van der Waals surface area contributed by atoms with Crippen LogP contribution in [0.1, 0.15) is 10.5 Å². The van der Waals surface area contributed by atoms with E-state index in [0.717, 1.165) is 15.5 Å². The number of carbonyl (C=O) groups is 1. The van der Waals surface area contributed by atoms with E-state index in [2.05, 4.69) is 31.3 Å². The largest absolute Gasteiger partial charge is 0.470 e. The number of halogens is 2. The lowest BCUT2D eigenvalue weighted by atomic mass is 10.3. The number of hydrogen-bond acceptors (Lipinski definition) is 4. The molecule has 2 aromatic heterocycles. The van der Waals surface area contributed by atoms with Crippen LogP contribution in [0.4, 0.5) is 5.95 Å². The molecule has 0 aliphatic rings. The minimum atomic E-state index is -0.348. The van der Waals surface area contributed by atoms with Gasteiger partial charge >= 0.3 is 0 Å². The SMILES string of the molecule is Cn1c(NC(=O)c2ccn(COc3ccc(Br)cc3Cl)n2)nc2ccccc21. The molecule has 0 saturated heterocycles. The first-order valence-electron chi connectivity index (χ1n) is 8.35. The van der Waals surface area contributed by atoms with Gasteiger partial charge in [0.05, 0.1) is 16.1 Å². The van der Waals surface area contributed by atoms with E-state index in [1.165, 1.54) is 4.68 Å². The Morgan fingerprint density at radius 2 is 2.07 bits per heavy atom. The number of hydrogen-bond donors (Lipinski definition) is 1. The maximum Gasteiger partial charge on any atom is 0.278 e. The fourth-order valence-electron chi connectivity index (χ4n) is 2.71. The van der Waals surface area contributed by atoms with Crippen molar-refractivity contribution in [2.45, 2.75) is 6.73 Å². The van der Waals surface area contributed by atoms with Crippen LogP contribution in [0.3, 0.4) is 0 Å². The van der Waals surface area contributed by atoms with Crippen LogP contribution in [-0.2, 0) is 13.8 Å². The Morgan fingerprint density at radius 1 is 1.25 bits per heavy atom. The molecule has 2 aromatic carbocycles. The Labute approximate surface area is 174 Å². The molecule has 28 heavy (non-hydrogen) atoms. The highest BCUT2D eigenvalue weighted by Gasteiger charge is 2.14. The summed E-state index contributed by atoms with van der Waals surface area (Å²) in [5.74, 6) is 0.642. The van der Waals surface area contributed by atoms with E-state index in [9.17, 15) is 4.79 Å². The van der Waals surface area contributed by atoms with Crippen LogP contribution in [0.2, 0.25) is 5.02 Å². The number of amides is 1. The molecule has 142 valence electrons. The van der Waals surface area contributed by atoms with Gasteiger partial charge in [0.1, 0.15) is 5.75 Å². The predicted molar refractivity (Wildman–Crippen MR) is 111 cm³/mol. The minimum Gasteiger partial charge on any atom is -0.470 e. The summed E-state index contributed by atoms with van der Waals surface area (Å²) in [5.41, 5.74) is 2.01. The van der Waals surface area contributed by atoms with E-state index in [1.54, 1.807) is 24.4 Å². The predicted octanol–water partition coefficient (Wildman–Crippen LogP) is 4.47. The van der Waals surface area contributed by atoms with E-state index in [0.29, 0.717) is 16.7 Å². The molecule has 1 amide bonds. The van der Waals surface area contributed by atoms with Crippen LogP contribution >= 0.6 is 27.5 Å². The lowest BCUT2D eigenvalue weighted by Crippen LogP contribution is -2.16. The molecule has 0 atom stereocenters. The number of benzene rings is 2. The first-order chi connectivity index (χ1) is 13.5. The molecule has 0 unspecified atom stereocenters. The summed E-state index contributed by atoms with van der Waals surface area (Å²) in [6, 6.07) is 14.6. The Kier molecular flexibility index (Phi) is 5.06. The van der Waals surface area contributed by atoms with Crippen molar-refractivity contribution in [1.82, 2.24) is 19.3 Å². The van der Waals surface area contributed by atoms with E-state index in [1.807, 2.05) is 41.9 Å². The fraction of sp³-hybridized carbons (Fsp3) is 0.105. The number of fused-ring (bicyclic) bond motifs is 1. The molecule has 0 bridgehead atoms. The van der Waals surface area contributed by atoms with Gasteiger partial charge in [-0.2, -0.15) is 5.10 Å². The molecular weight excluding hydrogens is 446 g/mol. The highest BCUT2D eigenvalue weighted by Crippen LogP contribution is 2.27. The summed E-state index contributed by atoms with van der Waals surface area (Å²) in [7, 11) is 1.85. The van der Waals surface area contributed by atoms with Gasteiger partial charge in [-0.05, 0) is 36.4 Å². The molecule has 0 radical (unpaired) electrons. The lowest BCUT2D eigenvalue weighted by Gasteiger charge is -2.08. The average Bonchev–Trinajstić information content (AvgIpc) is 3.27. The molecule has 1 N–H and O–H groups in total. The summed E-state index contributed by atoms with van der Waals surface area (Å²) in [4.78, 5) is 16.9. The Morgan fingerprint density at radius 3 is 2.86 bits per heavy atom. The molecule has 4 rings (SSSR count). The van der Waals surface area contributed by atoms with Gasteiger partial charge in [0.15, 0.2) is 12.4 Å². The van der Waals surface area contributed by atoms with E-state index in [4.69, 9.17) is 16.3 Å². The van der Waals surface area contributed by atoms with Crippen molar-refractivity contribution < 1.29 is 9.53 Å². The van der Waals surface area contributed by atoms with Crippen molar-refractivity contribution in [3.8, 4) is 5.75 Å². The summed E-state index contributed by atoms with van der Waals surface area (Å²) >= 11 is 9.48. The maximum absolute atomic E-state index is 12.5. The van der Waals surface area contributed by atoms with Crippen molar-refractivity contribution in [3.63, 3.8) is 0 Å². The molecule has 7 nitrogen and oxygen atoms in total. The zero-order valence-corrected chi connectivity index (χ0v) is 17.1. The molecule has 9 heteroatoms. The van der Waals surface area contributed by atoms with Crippen LogP contribution in [0.25, 0.3) is 11.0 Å². The third-order valence-electron chi connectivity index (χ3n) is 4.13. The second-order valence-corrected chi connectivity index (χ2v) is 7.35. The van der Waals surface area contributed by atoms with E-state index < -0.39 is 0 Å². The molecule has 0 aliphatic heterocycles. The molecular formula is C19H15BrClN5O2. The smallest absolute Gasteiger partial charge is 0.278 e. The van der Waals surface area contributed by atoms with Gasteiger partial charge < -0.3 is 9.30 Å². The first-order valence-corrected chi connectivity index (χ1v) is 9.52. The Balaban J connectivity index is 1.44. The molecule has 0 spiro atoms. The van der Waals surface area contributed by atoms with Crippen molar-refractivity contribution in [3.05, 3.63) is 69.9 Å². The van der Waals surface area contributed by atoms with Crippen molar-refractivity contribution in [1.29, 1.82) is 0 Å². The van der Waals surface area contributed by atoms with Gasteiger partial charge in [-0.1, -0.05) is 39.7 Å². The highest BCUT2D eigenvalue weighted by molar-refractivity contribution is 9.10. The van der Waals surface area contributed by atoms with Crippen molar-refractivity contribution in [2.24, 2.45) is 7.05 Å². The standard InChI is InChI=1S/C19H15BrClN5O2/c1-25-16-5-3-2-4-14(16)22-19(25)23-18(27)15-8-9-26(24-15)11-28-17-7-6-12(20)10-13(17)21/h2-10H,11H2,1H3,(H,22,23,27). The number of aryl methyl sites for hydroxylation is 1. The zero-order valence-electron chi connectivity index (χ0n) is 14.8. The lowest BCUT2D eigenvalue weighted by molar-refractivity contribution is 0.101. The Hall–Kier alpha value is -2.84. The second kappa shape index (κ2) is 7.65. The number of anilines is 1. The third-order valence-corrected chi connectivity index (χ3v) is 4.92. The normalized spacial score (nSPS) is 11.0. The van der Waals surface area contributed by atoms with Crippen LogP contribution in [-0.4, -0.2) is 25.2 Å². The number of rotatable bonds is 5. The van der Waals surface area contributed by atoms with Crippen molar-refractivity contribution in [2.75, 3.05) is 5.32 Å². The third kappa shape index (κ3) is 3.74.